The zero-order chi connectivity index (χ0) is 14.2. The topological polar surface area (TPSA) is 62.2 Å². The van der Waals surface area contributed by atoms with Crippen LogP contribution in [-0.2, 0) is 12.8 Å². The number of nitrogens with zero attached hydrogens (tertiary/aromatic N) is 1. The monoisotopic (exact) mass is 274 g/mol. The number of rotatable bonds is 5. The van der Waals surface area contributed by atoms with E-state index in [0.717, 1.165) is 49.9 Å². The molecular weight excluding hydrogens is 252 g/mol. The summed E-state index contributed by atoms with van der Waals surface area (Å²) in [5.74, 6) is -0.312. The Balaban J connectivity index is 1.85. The number of aromatic carboxylic acids is 1. The predicted octanol–water partition coefficient (Wildman–Crippen LogP) is 3.26. The number of carboxylic acids is 1. The summed E-state index contributed by atoms with van der Waals surface area (Å²) >= 11 is 0. The fourth-order valence-electron chi connectivity index (χ4n) is 3.03. The summed E-state index contributed by atoms with van der Waals surface area (Å²) in [7, 11) is 0. The van der Waals surface area contributed by atoms with Crippen LogP contribution in [0.15, 0.2) is 6.07 Å². The van der Waals surface area contributed by atoms with E-state index in [1.807, 2.05) is 6.07 Å². The highest BCUT2D eigenvalue weighted by Gasteiger charge is 2.40. The first-order valence-corrected chi connectivity index (χ1v) is 7.63. The van der Waals surface area contributed by atoms with Gasteiger partial charge in [0.05, 0.1) is 0 Å². The van der Waals surface area contributed by atoms with E-state index in [0.29, 0.717) is 16.8 Å². The number of anilines is 1. The van der Waals surface area contributed by atoms with Gasteiger partial charge >= 0.3 is 5.97 Å². The highest BCUT2D eigenvalue weighted by atomic mass is 16.4. The van der Waals surface area contributed by atoms with Crippen LogP contribution < -0.4 is 5.32 Å². The number of hydrogen-bond donors (Lipinski definition) is 2. The average Bonchev–Trinajstić information content (AvgIpc) is 3.24. The molecule has 0 radical (unpaired) electrons. The Bertz CT molecular complexity index is 536. The first-order valence-electron chi connectivity index (χ1n) is 7.63. The fourth-order valence-corrected chi connectivity index (χ4v) is 3.03. The van der Waals surface area contributed by atoms with E-state index < -0.39 is 5.97 Å². The van der Waals surface area contributed by atoms with Crippen LogP contribution in [0.2, 0.25) is 0 Å². The molecule has 0 aliphatic heterocycles. The Hall–Kier alpha value is -1.58. The van der Waals surface area contributed by atoms with Crippen molar-refractivity contribution in [1.29, 1.82) is 0 Å². The smallest absolute Gasteiger partial charge is 0.339 e. The molecule has 0 aromatic carbocycles. The van der Waals surface area contributed by atoms with Gasteiger partial charge in [-0.3, -0.25) is 0 Å². The van der Waals surface area contributed by atoms with Gasteiger partial charge in [0.2, 0.25) is 0 Å². The van der Waals surface area contributed by atoms with Crippen LogP contribution in [0.25, 0.3) is 0 Å². The van der Waals surface area contributed by atoms with Crippen LogP contribution >= 0.6 is 0 Å². The highest BCUT2D eigenvalue weighted by molar-refractivity contribution is 5.93. The minimum Gasteiger partial charge on any atom is -0.478 e. The molecule has 1 aromatic rings. The van der Waals surface area contributed by atoms with E-state index in [-0.39, 0.29) is 0 Å². The summed E-state index contributed by atoms with van der Waals surface area (Å²) < 4.78 is 0. The van der Waals surface area contributed by atoms with Crippen molar-refractivity contribution in [1.82, 2.24) is 4.98 Å². The lowest BCUT2D eigenvalue weighted by Crippen LogP contribution is -2.19. The maximum absolute atomic E-state index is 11.4. The van der Waals surface area contributed by atoms with Crippen LogP contribution in [-0.4, -0.2) is 22.6 Å². The summed E-state index contributed by atoms with van der Waals surface area (Å²) in [4.78, 5) is 16.0. The average molecular weight is 274 g/mol. The van der Waals surface area contributed by atoms with E-state index >= 15 is 0 Å². The van der Waals surface area contributed by atoms with Crippen molar-refractivity contribution in [2.45, 2.75) is 51.9 Å². The highest BCUT2D eigenvalue weighted by Crippen LogP contribution is 2.48. The first-order chi connectivity index (χ1) is 9.63. The van der Waals surface area contributed by atoms with Crippen LogP contribution in [0.5, 0.6) is 0 Å². The Morgan fingerprint density at radius 2 is 2.15 bits per heavy atom. The molecule has 1 fully saturated rings. The molecule has 0 bridgehead atoms. The Morgan fingerprint density at radius 3 is 2.80 bits per heavy atom. The third-order valence-corrected chi connectivity index (χ3v) is 4.87. The van der Waals surface area contributed by atoms with Crippen molar-refractivity contribution in [3.63, 3.8) is 0 Å². The summed E-state index contributed by atoms with van der Waals surface area (Å²) in [6.45, 7) is 3.04. The van der Waals surface area contributed by atoms with Crippen molar-refractivity contribution in [2.75, 3.05) is 11.9 Å². The quantitative estimate of drug-likeness (QED) is 0.865. The molecular formula is C16H22N2O2. The Kier molecular flexibility index (Phi) is 3.40. The first kappa shape index (κ1) is 13.4. The summed E-state index contributed by atoms with van der Waals surface area (Å²) in [5.41, 5.74) is 2.92. The predicted molar refractivity (Wildman–Crippen MR) is 78.3 cm³/mol. The number of aryl methyl sites for hydroxylation is 2. The normalized spacial score (nSPS) is 19.2. The lowest BCUT2D eigenvalue weighted by molar-refractivity contribution is 0.0697. The molecule has 0 amide bonds. The SMILES string of the molecule is CCC1(CNc2nc3c(cc2C(=O)O)CCCC3)CC1. The van der Waals surface area contributed by atoms with Crippen molar-refractivity contribution in [3.8, 4) is 0 Å². The lowest BCUT2D eigenvalue weighted by Gasteiger charge is -2.20. The largest absolute Gasteiger partial charge is 0.478 e. The molecule has 0 spiro atoms. The Morgan fingerprint density at radius 1 is 1.40 bits per heavy atom. The summed E-state index contributed by atoms with van der Waals surface area (Å²) in [5, 5.41) is 12.7. The Labute approximate surface area is 119 Å². The van der Waals surface area contributed by atoms with Crippen LogP contribution in [0.1, 0.15) is 60.6 Å². The number of nitrogens with one attached hydrogen (secondary N) is 1. The van der Waals surface area contributed by atoms with Gasteiger partial charge in [0.25, 0.3) is 0 Å². The molecule has 4 heteroatoms. The molecule has 2 aliphatic carbocycles. The van der Waals surface area contributed by atoms with Gasteiger partial charge in [0.15, 0.2) is 0 Å². The maximum atomic E-state index is 11.4. The zero-order valence-electron chi connectivity index (χ0n) is 12.0. The number of pyridine rings is 1. The summed E-state index contributed by atoms with van der Waals surface area (Å²) in [6.07, 6.45) is 7.86. The van der Waals surface area contributed by atoms with E-state index in [1.54, 1.807) is 0 Å². The standard InChI is InChI=1S/C16H22N2O2/c1-2-16(7-8-16)10-17-14-12(15(19)20)9-11-5-3-4-6-13(11)18-14/h9H,2-8,10H2,1H3,(H,17,18)(H,19,20). The van der Waals surface area contributed by atoms with Gasteiger partial charge in [0.1, 0.15) is 11.4 Å². The molecule has 1 heterocycles. The van der Waals surface area contributed by atoms with Gasteiger partial charge in [-0.1, -0.05) is 6.92 Å². The van der Waals surface area contributed by atoms with Crippen LogP contribution in [0.3, 0.4) is 0 Å². The molecule has 1 saturated carbocycles. The number of aromatic nitrogens is 1. The molecule has 108 valence electrons. The minimum atomic E-state index is -0.880. The number of hydrogen-bond acceptors (Lipinski definition) is 3. The van der Waals surface area contributed by atoms with E-state index in [1.165, 1.54) is 12.8 Å². The molecule has 2 aliphatic rings. The molecule has 4 nitrogen and oxygen atoms in total. The van der Waals surface area contributed by atoms with Gasteiger partial charge < -0.3 is 10.4 Å². The summed E-state index contributed by atoms with van der Waals surface area (Å²) in [6, 6.07) is 1.83. The number of fused-ring (bicyclic) bond motifs is 1. The number of carboxylic acid groups (broad SMARTS) is 1. The second-order valence-electron chi connectivity index (χ2n) is 6.21. The third kappa shape index (κ3) is 2.51. The zero-order valence-corrected chi connectivity index (χ0v) is 12.0. The molecule has 0 saturated heterocycles. The van der Waals surface area contributed by atoms with Crippen molar-refractivity contribution >= 4 is 11.8 Å². The molecule has 1 aromatic heterocycles. The fraction of sp³-hybridized carbons (Fsp3) is 0.625. The van der Waals surface area contributed by atoms with Gasteiger partial charge in [-0.15, -0.1) is 0 Å². The van der Waals surface area contributed by atoms with E-state index in [4.69, 9.17) is 0 Å². The van der Waals surface area contributed by atoms with Crippen LogP contribution in [0.4, 0.5) is 5.82 Å². The maximum Gasteiger partial charge on any atom is 0.339 e. The number of carbonyl (C=O) groups is 1. The molecule has 20 heavy (non-hydrogen) atoms. The minimum absolute atomic E-state index is 0.331. The second kappa shape index (κ2) is 5.08. The van der Waals surface area contributed by atoms with Gasteiger partial charge in [0, 0.05) is 12.2 Å². The van der Waals surface area contributed by atoms with Crippen LogP contribution in [0, 0.1) is 5.41 Å². The van der Waals surface area contributed by atoms with E-state index in [9.17, 15) is 9.90 Å². The second-order valence-corrected chi connectivity index (χ2v) is 6.21. The molecule has 2 N–H and O–H groups in total. The van der Waals surface area contributed by atoms with Gasteiger partial charge in [-0.25, -0.2) is 9.78 Å². The third-order valence-electron chi connectivity index (χ3n) is 4.87. The van der Waals surface area contributed by atoms with E-state index in [2.05, 4.69) is 17.2 Å². The van der Waals surface area contributed by atoms with Crippen molar-refractivity contribution in [2.24, 2.45) is 5.41 Å². The van der Waals surface area contributed by atoms with Crippen molar-refractivity contribution in [3.05, 3.63) is 22.9 Å². The molecule has 0 unspecified atom stereocenters. The van der Waals surface area contributed by atoms with Crippen molar-refractivity contribution < 1.29 is 9.90 Å². The van der Waals surface area contributed by atoms with Gasteiger partial charge in [-0.2, -0.15) is 0 Å². The molecule has 3 rings (SSSR count). The van der Waals surface area contributed by atoms with Gasteiger partial charge in [-0.05, 0) is 62.0 Å². The molecule has 0 atom stereocenters. The lowest BCUT2D eigenvalue weighted by atomic mass is 9.94.